The predicted molar refractivity (Wildman–Crippen MR) is 115 cm³/mol. The molecule has 2 rings (SSSR count). The fraction of sp³-hybridized carbons (Fsp3) is 0.400. The molecular weight excluding hydrogens is 364 g/mol. The van der Waals surface area contributed by atoms with Crippen molar-refractivity contribution in [2.75, 3.05) is 13.7 Å². The van der Waals surface area contributed by atoms with Crippen LogP contribution in [0.3, 0.4) is 0 Å². The van der Waals surface area contributed by atoms with E-state index < -0.39 is 12.1 Å². The number of hydrogen-bond acceptors (Lipinski definition) is 3. The third-order valence-corrected chi connectivity index (χ3v) is 4.62. The number of carboxylic acid groups (broad SMARTS) is 1. The monoisotopic (exact) mass is 394 g/mol. The zero-order valence-corrected chi connectivity index (χ0v) is 17.3. The number of methoxy groups -OCH3 is 1. The fourth-order valence-electron chi connectivity index (χ4n) is 2.86. The molecule has 1 atom stereocenters. The van der Waals surface area contributed by atoms with Gasteiger partial charge in [0.05, 0.1) is 6.61 Å². The van der Waals surface area contributed by atoms with Crippen molar-refractivity contribution >= 4 is 5.97 Å². The molecule has 0 fully saturated rings. The van der Waals surface area contributed by atoms with Crippen molar-refractivity contribution in [3.8, 4) is 17.6 Å². The second-order valence-electron chi connectivity index (χ2n) is 6.96. The van der Waals surface area contributed by atoms with Crippen molar-refractivity contribution in [1.29, 1.82) is 0 Å². The molecule has 2 aromatic rings. The van der Waals surface area contributed by atoms with Gasteiger partial charge in [0.1, 0.15) is 5.75 Å². The van der Waals surface area contributed by atoms with Crippen LogP contribution < -0.4 is 4.74 Å². The summed E-state index contributed by atoms with van der Waals surface area (Å²) in [5.74, 6) is 6.25. The smallest absolute Gasteiger partial charge is 0.333 e. The molecular formula is C25H30O4. The Labute approximate surface area is 173 Å². The fourth-order valence-corrected chi connectivity index (χ4v) is 2.86. The number of benzene rings is 2. The molecule has 0 aliphatic rings. The summed E-state index contributed by atoms with van der Waals surface area (Å²) in [6.45, 7) is 2.85. The number of unbranched alkanes of at least 4 members (excludes halogenated alkanes) is 2. The second-order valence-corrected chi connectivity index (χ2v) is 6.96. The molecule has 0 heterocycles. The van der Waals surface area contributed by atoms with Crippen LogP contribution in [0.1, 0.15) is 49.3 Å². The molecule has 0 amide bonds. The van der Waals surface area contributed by atoms with Crippen LogP contribution in [0.25, 0.3) is 0 Å². The number of rotatable bonds is 11. The Morgan fingerprint density at radius 2 is 1.72 bits per heavy atom. The third kappa shape index (κ3) is 8.41. The Morgan fingerprint density at radius 1 is 1.03 bits per heavy atom. The van der Waals surface area contributed by atoms with Crippen LogP contribution in [-0.2, 0) is 22.4 Å². The van der Waals surface area contributed by atoms with Gasteiger partial charge >= 0.3 is 5.97 Å². The van der Waals surface area contributed by atoms with Crippen LogP contribution in [0.5, 0.6) is 5.75 Å². The maximum atomic E-state index is 11.0. The van der Waals surface area contributed by atoms with Crippen LogP contribution in [0.15, 0.2) is 48.5 Å². The first-order valence-corrected chi connectivity index (χ1v) is 10.2. The molecule has 4 heteroatoms. The van der Waals surface area contributed by atoms with E-state index in [4.69, 9.17) is 14.6 Å². The predicted octanol–water partition coefficient (Wildman–Crippen LogP) is 4.88. The van der Waals surface area contributed by atoms with Crippen molar-refractivity contribution in [3.05, 3.63) is 65.2 Å². The normalized spacial score (nSPS) is 11.4. The molecule has 0 radical (unpaired) electrons. The lowest BCUT2D eigenvalue weighted by Gasteiger charge is -2.10. The van der Waals surface area contributed by atoms with Gasteiger partial charge in [-0.1, -0.05) is 49.5 Å². The SMILES string of the molecule is CCCCc1ccc(OCCCC#Cc2ccc(C[C@H](OC)C(=O)O)cc2)cc1. The Bertz CT molecular complexity index is 797. The molecule has 0 saturated heterocycles. The van der Waals surface area contributed by atoms with Crippen LogP contribution in [0.4, 0.5) is 0 Å². The minimum Gasteiger partial charge on any atom is -0.494 e. The van der Waals surface area contributed by atoms with Gasteiger partial charge < -0.3 is 14.6 Å². The number of carboxylic acids is 1. The zero-order valence-electron chi connectivity index (χ0n) is 17.3. The minimum absolute atomic E-state index is 0.344. The van der Waals surface area contributed by atoms with Gasteiger partial charge in [-0.3, -0.25) is 0 Å². The topological polar surface area (TPSA) is 55.8 Å². The lowest BCUT2D eigenvalue weighted by Crippen LogP contribution is -2.24. The third-order valence-electron chi connectivity index (χ3n) is 4.62. The summed E-state index contributed by atoms with van der Waals surface area (Å²) in [5, 5.41) is 9.03. The average molecular weight is 395 g/mol. The Kier molecular flexibility index (Phi) is 9.82. The summed E-state index contributed by atoms with van der Waals surface area (Å²) in [6.07, 6.45) is 4.72. The molecule has 0 aliphatic carbocycles. The van der Waals surface area contributed by atoms with Crippen molar-refractivity contribution < 1.29 is 19.4 Å². The maximum absolute atomic E-state index is 11.0. The van der Waals surface area contributed by atoms with E-state index in [2.05, 4.69) is 30.9 Å². The van der Waals surface area contributed by atoms with Crippen molar-refractivity contribution in [1.82, 2.24) is 0 Å². The van der Waals surface area contributed by atoms with E-state index in [0.29, 0.717) is 13.0 Å². The van der Waals surface area contributed by atoms with Gasteiger partial charge in [-0.25, -0.2) is 4.79 Å². The number of aliphatic carboxylic acids is 1. The van der Waals surface area contributed by atoms with E-state index in [1.165, 1.54) is 25.5 Å². The summed E-state index contributed by atoms with van der Waals surface area (Å²) in [4.78, 5) is 11.0. The number of aryl methyl sites for hydroxylation is 1. The molecule has 2 aromatic carbocycles. The van der Waals surface area contributed by atoms with Gasteiger partial charge in [-0.05, 0) is 54.7 Å². The first kappa shape index (κ1) is 22.5. The van der Waals surface area contributed by atoms with Crippen molar-refractivity contribution in [2.24, 2.45) is 0 Å². The minimum atomic E-state index is -0.953. The van der Waals surface area contributed by atoms with E-state index in [1.54, 1.807) is 0 Å². The van der Waals surface area contributed by atoms with Crippen LogP contribution in [-0.4, -0.2) is 30.9 Å². The Hall–Kier alpha value is -2.77. The molecule has 0 bridgehead atoms. The number of ether oxygens (including phenoxy) is 2. The van der Waals surface area contributed by atoms with Crippen molar-refractivity contribution in [2.45, 2.75) is 51.6 Å². The quantitative estimate of drug-likeness (QED) is 0.436. The lowest BCUT2D eigenvalue weighted by molar-refractivity contribution is -0.148. The average Bonchev–Trinajstić information content (AvgIpc) is 2.74. The summed E-state index contributed by atoms with van der Waals surface area (Å²) in [5.41, 5.74) is 3.19. The molecule has 4 nitrogen and oxygen atoms in total. The summed E-state index contributed by atoms with van der Waals surface area (Å²) in [6, 6.07) is 16.0. The highest BCUT2D eigenvalue weighted by Gasteiger charge is 2.16. The van der Waals surface area contributed by atoms with Gasteiger partial charge in [0.25, 0.3) is 0 Å². The van der Waals surface area contributed by atoms with E-state index in [-0.39, 0.29) is 0 Å². The van der Waals surface area contributed by atoms with Gasteiger partial charge in [0, 0.05) is 25.5 Å². The van der Waals surface area contributed by atoms with Gasteiger partial charge in [-0.2, -0.15) is 0 Å². The van der Waals surface area contributed by atoms with Crippen LogP contribution in [0.2, 0.25) is 0 Å². The maximum Gasteiger partial charge on any atom is 0.333 e. The Balaban J connectivity index is 1.70. The molecule has 154 valence electrons. The molecule has 0 aromatic heterocycles. The first-order chi connectivity index (χ1) is 14.1. The Morgan fingerprint density at radius 3 is 2.34 bits per heavy atom. The second kappa shape index (κ2) is 12.6. The largest absolute Gasteiger partial charge is 0.494 e. The zero-order chi connectivity index (χ0) is 20.9. The van der Waals surface area contributed by atoms with Crippen molar-refractivity contribution in [3.63, 3.8) is 0 Å². The van der Waals surface area contributed by atoms with Crippen LogP contribution >= 0.6 is 0 Å². The van der Waals surface area contributed by atoms with E-state index in [9.17, 15) is 4.79 Å². The molecule has 29 heavy (non-hydrogen) atoms. The van der Waals surface area contributed by atoms with Gasteiger partial charge in [0.2, 0.25) is 0 Å². The van der Waals surface area contributed by atoms with Crippen LogP contribution in [0, 0.1) is 11.8 Å². The molecule has 0 unspecified atom stereocenters. The van der Waals surface area contributed by atoms with Gasteiger partial charge in [-0.15, -0.1) is 0 Å². The molecule has 0 spiro atoms. The van der Waals surface area contributed by atoms with Gasteiger partial charge in [0.15, 0.2) is 6.10 Å². The summed E-state index contributed by atoms with van der Waals surface area (Å²) in [7, 11) is 1.41. The summed E-state index contributed by atoms with van der Waals surface area (Å²) >= 11 is 0. The summed E-state index contributed by atoms with van der Waals surface area (Å²) < 4.78 is 10.7. The lowest BCUT2D eigenvalue weighted by atomic mass is 10.1. The molecule has 1 N–H and O–H groups in total. The molecule has 0 aliphatic heterocycles. The number of hydrogen-bond donors (Lipinski definition) is 1. The van der Waals surface area contributed by atoms with E-state index in [1.807, 2.05) is 36.4 Å². The highest BCUT2D eigenvalue weighted by atomic mass is 16.5. The highest BCUT2D eigenvalue weighted by molar-refractivity contribution is 5.72. The standard InChI is InChI=1S/C25H30O4/c1-3-4-8-20-14-16-23(17-15-20)29-18-7-5-6-9-21-10-12-22(13-11-21)19-24(28-2)25(26)27/h10-17,24H,3-5,7-8,18-19H2,1-2H3,(H,26,27)/t24-/m0/s1. The molecule has 0 saturated carbocycles. The van der Waals surface area contributed by atoms with E-state index >= 15 is 0 Å². The highest BCUT2D eigenvalue weighted by Crippen LogP contribution is 2.14. The number of carbonyl (C=O) groups is 1. The van der Waals surface area contributed by atoms with E-state index in [0.717, 1.165) is 36.1 Å². The first-order valence-electron chi connectivity index (χ1n) is 10.2.